The van der Waals surface area contributed by atoms with Crippen LogP contribution in [0.25, 0.3) is 11.1 Å². The number of carbonyl (C=O) groups is 1. The van der Waals surface area contributed by atoms with Crippen LogP contribution in [-0.2, 0) is 6.54 Å². The summed E-state index contributed by atoms with van der Waals surface area (Å²) in [5.41, 5.74) is 3.12. The lowest BCUT2D eigenvalue weighted by atomic mass is 10.1. The van der Waals surface area contributed by atoms with Gasteiger partial charge in [0, 0.05) is 30.2 Å². The molecule has 134 valence electrons. The van der Waals surface area contributed by atoms with Crippen LogP contribution in [0.15, 0.2) is 70.1 Å². The quantitative estimate of drug-likeness (QED) is 0.504. The van der Waals surface area contributed by atoms with E-state index in [-0.39, 0.29) is 5.91 Å². The summed E-state index contributed by atoms with van der Waals surface area (Å²) in [5, 5.41) is 5.90. The van der Waals surface area contributed by atoms with Gasteiger partial charge in [0.2, 0.25) is 5.95 Å². The largest absolute Gasteiger partial charge is 0.417 e. The molecule has 8 heteroatoms. The predicted octanol–water partition coefficient (Wildman–Crippen LogP) is 2.58. The number of hydrogen-bond acceptors (Lipinski definition) is 6. The number of aromatic amines is 1. The van der Waals surface area contributed by atoms with E-state index >= 15 is 0 Å². The highest BCUT2D eigenvalue weighted by Crippen LogP contribution is 2.15. The van der Waals surface area contributed by atoms with E-state index in [9.17, 15) is 9.59 Å². The van der Waals surface area contributed by atoms with E-state index in [4.69, 9.17) is 4.42 Å². The van der Waals surface area contributed by atoms with Crippen LogP contribution in [0.5, 0.6) is 0 Å². The van der Waals surface area contributed by atoms with Crippen LogP contribution >= 0.6 is 0 Å². The first-order chi connectivity index (χ1) is 13.2. The molecule has 3 N–H and O–H groups in total. The summed E-state index contributed by atoms with van der Waals surface area (Å²) < 4.78 is 5.03. The Labute approximate surface area is 153 Å². The number of oxazole rings is 1. The number of anilines is 2. The SMILES string of the molecule is O=C(NCc1ccc2[nH]c(=O)oc2c1)c1cccc(Nc2ncccn2)c1. The Kier molecular flexibility index (Phi) is 4.36. The number of nitrogens with zero attached hydrogens (tertiary/aromatic N) is 2. The summed E-state index contributed by atoms with van der Waals surface area (Å²) in [5.74, 6) is -0.266. The number of benzene rings is 2. The van der Waals surface area contributed by atoms with Gasteiger partial charge >= 0.3 is 5.76 Å². The molecule has 2 aromatic heterocycles. The topological polar surface area (TPSA) is 113 Å². The van der Waals surface area contributed by atoms with Crippen molar-refractivity contribution < 1.29 is 9.21 Å². The molecular formula is C19H15N5O3. The Morgan fingerprint density at radius 1 is 1.07 bits per heavy atom. The van der Waals surface area contributed by atoms with Crippen LogP contribution in [0.1, 0.15) is 15.9 Å². The van der Waals surface area contributed by atoms with Gasteiger partial charge in [-0.3, -0.25) is 9.78 Å². The Balaban J connectivity index is 1.44. The first kappa shape index (κ1) is 16.5. The molecule has 4 aromatic rings. The van der Waals surface area contributed by atoms with E-state index in [1.807, 2.05) is 12.1 Å². The van der Waals surface area contributed by atoms with Gasteiger partial charge in [-0.2, -0.15) is 0 Å². The molecular weight excluding hydrogens is 346 g/mol. The van der Waals surface area contributed by atoms with Crippen molar-refractivity contribution in [2.24, 2.45) is 0 Å². The number of amides is 1. The van der Waals surface area contributed by atoms with Crippen molar-refractivity contribution in [1.82, 2.24) is 20.3 Å². The maximum absolute atomic E-state index is 12.4. The van der Waals surface area contributed by atoms with Crippen molar-refractivity contribution in [3.05, 3.63) is 82.6 Å². The normalized spacial score (nSPS) is 10.7. The third kappa shape index (κ3) is 3.84. The van der Waals surface area contributed by atoms with Crippen LogP contribution in [0.2, 0.25) is 0 Å². The lowest BCUT2D eigenvalue weighted by Crippen LogP contribution is -2.22. The van der Waals surface area contributed by atoms with Gasteiger partial charge in [0.25, 0.3) is 5.91 Å². The summed E-state index contributed by atoms with van der Waals surface area (Å²) >= 11 is 0. The van der Waals surface area contributed by atoms with Crippen molar-refractivity contribution >= 4 is 28.6 Å². The monoisotopic (exact) mass is 361 g/mol. The van der Waals surface area contributed by atoms with Crippen LogP contribution in [-0.4, -0.2) is 20.9 Å². The van der Waals surface area contributed by atoms with Crippen molar-refractivity contribution in [3.63, 3.8) is 0 Å². The van der Waals surface area contributed by atoms with Crippen LogP contribution in [0.3, 0.4) is 0 Å². The van der Waals surface area contributed by atoms with Crippen LogP contribution in [0, 0.1) is 0 Å². The van der Waals surface area contributed by atoms with E-state index in [2.05, 4.69) is 25.6 Å². The number of aromatic nitrogens is 3. The highest BCUT2D eigenvalue weighted by molar-refractivity contribution is 5.95. The molecule has 0 spiro atoms. The second-order valence-electron chi connectivity index (χ2n) is 5.81. The zero-order valence-electron chi connectivity index (χ0n) is 14.1. The Bertz CT molecular complexity index is 1150. The molecule has 0 aliphatic carbocycles. The molecule has 0 radical (unpaired) electrons. The Morgan fingerprint density at radius 3 is 2.78 bits per heavy atom. The highest BCUT2D eigenvalue weighted by atomic mass is 16.4. The molecule has 0 aliphatic heterocycles. The third-order valence-corrected chi connectivity index (χ3v) is 3.89. The van der Waals surface area contributed by atoms with E-state index < -0.39 is 5.76 Å². The maximum atomic E-state index is 12.4. The maximum Gasteiger partial charge on any atom is 0.417 e. The molecule has 2 aromatic carbocycles. The third-order valence-electron chi connectivity index (χ3n) is 3.89. The second kappa shape index (κ2) is 7.12. The minimum Gasteiger partial charge on any atom is -0.408 e. The molecule has 8 nitrogen and oxygen atoms in total. The number of nitrogens with one attached hydrogen (secondary N) is 3. The van der Waals surface area contributed by atoms with Crippen LogP contribution < -0.4 is 16.4 Å². The lowest BCUT2D eigenvalue weighted by molar-refractivity contribution is 0.0951. The molecule has 0 bridgehead atoms. The summed E-state index contributed by atoms with van der Waals surface area (Å²) in [7, 11) is 0. The number of carbonyl (C=O) groups excluding carboxylic acids is 1. The first-order valence-corrected chi connectivity index (χ1v) is 8.21. The molecule has 0 atom stereocenters. The average molecular weight is 361 g/mol. The Morgan fingerprint density at radius 2 is 1.93 bits per heavy atom. The highest BCUT2D eigenvalue weighted by Gasteiger charge is 2.08. The molecule has 4 rings (SSSR count). The minimum atomic E-state index is -0.502. The summed E-state index contributed by atoms with van der Waals surface area (Å²) in [6.07, 6.45) is 3.27. The lowest BCUT2D eigenvalue weighted by Gasteiger charge is -2.08. The fraction of sp³-hybridized carbons (Fsp3) is 0.0526. The minimum absolute atomic E-state index is 0.219. The number of fused-ring (bicyclic) bond motifs is 1. The second-order valence-corrected chi connectivity index (χ2v) is 5.81. The molecule has 0 saturated heterocycles. The van der Waals surface area contributed by atoms with Crippen LogP contribution in [0.4, 0.5) is 11.6 Å². The standard InChI is InChI=1S/C19H15N5O3/c25-17(22-11-12-5-6-15-16(9-12)27-19(26)24-15)13-3-1-4-14(10-13)23-18-20-7-2-8-21-18/h1-10H,11H2,(H,22,25)(H,24,26)(H,20,21,23). The fourth-order valence-electron chi connectivity index (χ4n) is 2.62. The fourth-order valence-corrected chi connectivity index (χ4v) is 2.62. The van der Waals surface area contributed by atoms with E-state index in [0.29, 0.717) is 34.8 Å². The molecule has 1 amide bonds. The summed E-state index contributed by atoms with van der Waals surface area (Å²) in [6, 6.07) is 14.1. The zero-order valence-corrected chi connectivity index (χ0v) is 14.1. The van der Waals surface area contributed by atoms with Gasteiger partial charge in [-0.1, -0.05) is 12.1 Å². The van der Waals surface area contributed by atoms with Gasteiger partial charge in [0.1, 0.15) is 0 Å². The van der Waals surface area contributed by atoms with Gasteiger partial charge in [0.15, 0.2) is 5.58 Å². The molecule has 2 heterocycles. The van der Waals surface area contributed by atoms with Gasteiger partial charge in [-0.15, -0.1) is 0 Å². The van der Waals surface area contributed by atoms with Crippen molar-refractivity contribution in [2.75, 3.05) is 5.32 Å². The van der Waals surface area contributed by atoms with E-state index in [1.54, 1.807) is 48.8 Å². The number of H-pyrrole nitrogens is 1. The zero-order chi connectivity index (χ0) is 18.6. The van der Waals surface area contributed by atoms with Gasteiger partial charge in [-0.05, 0) is 42.0 Å². The van der Waals surface area contributed by atoms with E-state index in [0.717, 1.165) is 5.56 Å². The Hall–Kier alpha value is -3.94. The van der Waals surface area contributed by atoms with E-state index in [1.165, 1.54) is 0 Å². The molecule has 0 saturated carbocycles. The molecule has 0 aliphatic rings. The van der Waals surface area contributed by atoms with Gasteiger partial charge in [0.05, 0.1) is 5.52 Å². The summed E-state index contributed by atoms with van der Waals surface area (Å²) in [4.78, 5) is 34.4. The van der Waals surface area contributed by atoms with Gasteiger partial charge < -0.3 is 15.1 Å². The van der Waals surface area contributed by atoms with Gasteiger partial charge in [-0.25, -0.2) is 14.8 Å². The molecule has 0 unspecified atom stereocenters. The van der Waals surface area contributed by atoms with Crippen molar-refractivity contribution in [2.45, 2.75) is 6.54 Å². The molecule has 27 heavy (non-hydrogen) atoms. The number of rotatable bonds is 5. The van der Waals surface area contributed by atoms with Crippen molar-refractivity contribution in [1.29, 1.82) is 0 Å². The molecule has 0 fully saturated rings. The summed E-state index contributed by atoms with van der Waals surface area (Å²) in [6.45, 7) is 0.309. The smallest absolute Gasteiger partial charge is 0.408 e. The predicted molar refractivity (Wildman–Crippen MR) is 99.8 cm³/mol. The average Bonchev–Trinajstić information content (AvgIpc) is 3.06. The van der Waals surface area contributed by atoms with Crippen molar-refractivity contribution in [3.8, 4) is 0 Å². The number of hydrogen-bond donors (Lipinski definition) is 3. The first-order valence-electron chi connectivity index (χ1n) is 8.21.